The summed E-state index contributed by atoms with van der Waals surface area (Å²) in [6.07, 6.45) is 5.33. The van der Waals surface area contributed by atoms with Gasteiger partial charge in [-0.15, -0.1) is 0 Å². The molecule has 3 N–H and O–H groups in total. The number of phenolic OH excluding ortho intramolecular Hbond substituents is 1. The second-order valence-corrected chi connectivity index (χ2v) is 8.26. The van der Waals surface area contributed by atoms with E-state index in [4.69, 9.17) is 0 Å². The van der Waals surface area contributed by atoms with Crippen LogP contribution in [0.1, 0.15) is 49.0 Å². The lowest BCUT2D eigenvalue weighted by Crippen LogP contribution is -2.50. The van der Waals surface area contributed by atoms with E-state index in [1.54, 1.807) is 35.9 Å². The molecule has 4 rings (SSSR count). The Bertz CT molecular complexity index is 986. The number of aromatic nitrogens is 1. The van der Waals surface area contributed by atoms with Gasteiger partial charge in [0.1, 0.15) is 17.5 Å². The highest BCUT2D eigenvalue weighted by Crippen LogP contribution is 2.33. The van der Waals surface area contributed by atoms with Crippen LogP contribution >= 0.6 is 0 Å². The Kier molecular flexibility index (Phi) is 5.18. The molecule has 3 atom stereocenters. The summed E-state index contributed by atoms with van der Waals surface area (Å²) in [5.74, 6) is -0.256. The topological polar surface area (TPSA) is 107 Å². The zero-order chi connectivity index (χ0) is 20.5. The second-order valence-electron chi connectivity index (χ2n) is 8.26. The molecule has 0 radical (unpaired) electrons. The molecular formula is C22H26N4O3. The summed E-state index contributed by atoms with van der Waals surface area (Å²) in [5, 5.41) is 25.8. The number of fused-ring (bicyclic) bond motifs is 1. The van der Waals surface area contributed by atoms with Crippen LogP contribution in [0.5, 0.6) is 5.75 Å². The molecule has 2 aromatic rings. The highest BCUT2D eigenvalue weighted by Gasteiger charge is 2.37. The van der Waals surface area contributed by atoms with E-state index in [1.165, 1.54) is 0 Å². The Morgan fingerprint density at radius 1 is 1.21 bits per heavy atom. The number of rotatable bonds is 5. The SMILES string of the molecule is Cn1c(C(=O)N[C@H]2CCCC[C@H]2C(=O)N[C@H](C#N)C2CC2)cc2ccc(O)cc21. The van der Waals surface area contributed by atoms with E-state index >= 15 is 0 Å². The predicted molar refractivity (Wildman–Crippen MR) is 108 cm³/mol. The lowest BCUT2D eigenvalue weighted by Gasteiger charge is -2.31. The molecule has 2 aliphatic rings. The van der Waals surface area contributed by atoms with Gasteiger partial charge in [-0.05, 0) is 49.8 Å². The highest BCUT2D eigenvalue weighted by atomic mass is 16.3. The van der Waals surface area contributed by atoms with Crippen molar-refractivity contribution in [2.45, 2.75) is 50.6 Å². The molecule has 152 valence electrons. The molecule has 0 aliphatic heterocycles. The number of nitrogens with one attached hydrogen (secondary N) is 2. The third-order valence-electron chi connectivity index (χ3n) is 6.21. The maximum atomic E-state index is 13.0. The Labute approximate surface area is 169 Å². The van der Waals surface area contributed by atoms with E-state index in [0.717, 1.165) is 43.0 Å². The van der Waals surface area contributed by atoms with Crippen LogP contribution in [0.3, 0.4) is 0 Å². The fraction of sp³-hybridized carbons (Fsp3) is 0.500. The number of carbonyl (C=O) groups excluding carboxylic acids is 2. The van der Waals surface area contributed by atoms with Gasteiger partial charge in [0.15, 0.2) is 0 Å². The molecule has 2 aliphatic carbocycles. The number of aryl methyl sites for hydroxylation is 1. The minimum Gasteiger partial charge on any atom is -0.508 e. The van der Waals surface area contributed by atoms with Gasteiger partial charge in [-0.1, -0.05) is 12.8 Å². The first-order valence-corrected chi connectivity index (χ1v) is 10.3. The third kappa shape index (κ3) is 3.93. The Morgan fingerprint density at radius 3 is 2.69 bits per heavy atom. The van der Waals surface area contributed by atoms with Crippen molar-refractivity contribution >= 4 is 22.7 Å². The van der Waals surface area contributed by atoms with Crippen LogP contribution < -0.4 is 10.6 Å². The van der Waals surface area contributed by atoms with Crippen LogP contribution in [0, 0.1) is 23.2 Å². The Balaban J connectivity index is 1.49. The molecule has 0 saturated heterocycles. The maximum Gasteiger partial charge on any atom is 0.268 e. The van der Waals surface area contributed by atoms with Crippen molar-refractivity contribution in [3.05, 3.63) is 30.0 Å². The van der Waals surface area contributed by atoms with Crippen molar-refractivity contribution in [2.75, 3.05) is 0 Å². The van der Waals surface area contributed by atoms with E-state index < -0.39 is 6.04 Å². The first-order valence-electron chi connectivity index (χ1n) is 10.3. The number of nitrogens with zero attached hydrogens (tertiary/aromatic N) is 2. The number of aromatic hydroxyl groups is 1. The molecule has 7 heteroatoms. The molecule has 2 fully saturated rings. The maximum absolute atomic E-state index is 13.0. The summed E-state index contributed by atoms with van der Waals surface area (Å²) in [6.45, 7) is 0. The third-order valence-corrected chi connectivity index (χ3v) is 6.21. The molecule has 1 heterocycles. The highest BCUT2D eigenvalue weighted by molar-refractivity contribution is 5.99. The molecule has 0 bridgehead atoms. The molecule has 1 aromatic carbocycles. The van der Waals surface area contributed by atoms with Crippen LogP contribution in [0.4, 0.5) is 0 Å². The van der Waals surface area contributed by atoms with Gasteiger partial charge in [-0.3, -0.25) is 9.59 Å². The summed E-state index contributed by atoms with van der Waals surface area (Å²) in [4.78, 5) is 25.8. The van der Waals surface area contributed by atoms with Crippen molar-refractivity contribution in [3.8, 4) is 11.8 Å². The van der Waals surface area contributed by atoms with Gasteiger partial charge in [0, 0.05) is 24.5 Å². The van der Waals surface area contributed by atoms with Crippen LogP contribution in [-0.4, -0.2) is 33.6 Å². The zero-order valence-electron chi connectivity index (χ0n) is 16.5. The fourth-order valence-corrected chi connectivity index (χ4v) is 4.34. The van der Waals surface area contributed by atoms with Crippen molar-refractivity contribution in [3.63, 3.8) is 0 Å². The number of benzene rings is 1. The molecule has 2 amide bonds. The van der Waals surface area contributed by atoms with Gasteiger partial charge in [0.05, 0.1) is 17.5 Å². The minimum atomic E-state index is -0.424. The zero-order valence-corrected chi connectivity index (χ0v) is 16.5. The molecule has 29 heavy (non-hydrogen) atoms. The lowest BCUT2D eigenvalue weighted by atomic mass is 9.83. The summed E-state index contributed by atoms with van der Waals surface area (Å²) < 4.78 is 1.75. The molecule has 7 nitrogen and oxygen atoms in total. The van der Waals surface area contributed by atoms with E-state index in [1.807, 2.05) is 0 Å². The van der Waals surface area contributed by atoms with Crippen LogP contribution in [0.2, 0.25) is 0 Å². The van der Waals surface area contributed by atoms with E-state index in [9.17, 15) is 20.0 Å². The molecule has 0 unspecified atom stereocenters. The molecule has 0 spiro atoms. The summed E-state index contributed by atoms with van der Waals surface area (Å²) >= 11 is 0. The number of hydrogen-bond acceptors (Lipinski definition) is 4. The normalized spacial score (nSPS) is 22.6. The van der Waals surface area contributed by atoms with E-state index in [2.05, 4.69) is 16.7 Å². The Hall–Kier alpha value is -3.01. The first-order chi connectivity index (χ1) is 14.0. The first kappa shape index (κ1) is 19.3. The number of carbonyl (C=O) groups is 2. The van der Waals surface area contributed by atoms with Crippen molar-refractivity contribution in [1.82, 2.24) is 15.2 Å². The average Bonchev–Trinajstić information content (AvgIpc) is 3.51. The smallest absolute Gasteiger partial charge is 0.268 e. The van der Waals surface area contributed by atoms with Gasteiger partial charge < -0.3 is 20.3 Å². The van der Waals surface area contributed by atoms with Gasteiger partial charge in [0.2, 0.25) is 5.91 Å². The monoisotopic (exact) mass is 394 g/mol. The van der Waals surface area contributed by atoms with Crippen LogP contribution in [0.15, 0.2) is 24.3 Å². The molecule has 1 aromatic heterocycles. The number of phenols is 1. The van der Waals surface area contributed by atoms with Crippen molar-refractivity contribution in [1.29, 1.82) is 5.26 Å². The summed E-state index contributed by atoms with van der Waals surface area (Å²) in [7, 11) is 1.79. The standard InChI is InChI=1S/C22H26N4O3/c1-26-19-11-15(27)9-8-14(19)10-20(26)22(29)24-17-5-3-2-4-16(17)21(28)25-18(12-23)13-6-7-13/h8-11,13,16-18,27H,2-7H2,1H3,(H,24,29)(H,25,28)/t16-,17+,18-/m1/s1. The van der Waals surface area contributed by atoms with E-state index in [-0.39, 0.29) is 35.4 Å². The van der Waals surface area contributed by atoms with Gasteiger partial charge in [-0.25, -0.2) is 0 Å². The van der Waals surface area contributed by atoms with Crippen LogP contribution in [0.25, 0.3) is 10.9 Å². The number of amides is 2. The van der Waals surface area contributed by atoms with E-state index in [0.29, 0.717) is 12.1 Å². The largest absolute Gasteiger partial charge is 0.508 e. The van der Waals surface area contributed by atoms with Gasteiger partial charge >= 0.3 is 0 Å². The lowest BCUT2D eigenvalue weighted by molar-refractivity contribution is -0.127. The van der Waals surface area contributed by atoms with Crippen molar-refractivity contribution < 1.29 is 14.7 Å². The van der Waals surface area contributed by atoms with Crippen LogP contribution in [-0.2, 0) is 11.8 Å². The van der Waals surface area contributed by atoms with Gasteiger partial charge in [0.25, 0.3) is 5.91 Å². The minimum absolute atomic E-state index is 0.129. The number of hydrogen-bond donors (Lipinski definition) is 3. The number of nitriles is 1. The molecule has 2 saturated carbocycles. The predicted octanol–water partition coefficient (Wildman–Crippen LogP) is 2.59. The molecular weight excluding hydrogens is 368 g/mol. The quantitative estimate of drug-likeness (QED) is 0.724. The van der Waals surface area contributed by atoms with Gasteiger partial charge in [-0.2, -0.15) is 5.26 Å². The fourth-order valence-electron chi connectivity index (χ4n) is 4.34. The Morgan fingerprint density at radius 2 is 1.97 bits per heavy atom. The van der Waals surface area contributed by atoms with Crippen molar-refractivity contribution in [2.24, 2.45) is 18.9 Å². The summed E-state index contributed by atoms with van der Waals surface area (Å²) in [5.41, 5.74) is 1.26. The average molecular weight is 394 g/mol. The second kappa shape index (κ2) is 7.78. The summed E-state index contributed by atoms with van der Waals surface area (Å²) in [6, 6.07) is 8.32.